The van der Waals surface area contributed by atoms with Gasteiger partial charge >= 0.3 is 0 Å². The van der Waals surface area contributed by atoms with Crippen LogP contribution in [0.15, 0.2) is 6.20 Å². The maximum atomic E-state index is 13.1. The third kappa shape index (κ3) is 2.81. The molecule has 2 amide bonds. The van der Waals surface area contributed by atoms with Crippen LogP contribution in [-0.2, 0) is 23.1 Å². The Kier molecular flexibility index (Phi) is 4.08. The Balaban J connectivity index is 1.42. The first-order valence-electron chi connectivity index (χ1n) is 9.81. The Hall–Kier alpha value is -1.92. The third-order valence-corrected chi connectivity index (χ3v) is 6.99. The van der Waals surface area contributed by atoms with E-state index in [0.717, 1.165) is 45.2 Å². The fourth-order valence-corrected chi connectivity index (χ4v) is 4.89. The molecule has 7 heteroatoms. The van der Waals surface area contributed by atoms with Crippen LogP contribution in [0.4, 0.5) is 0 Å². The highest BCUT2D eigenvalue weighted by atomic mass is 16.2. The fourth-order valence-electron chi connectivity index (χ4n) is 4.89. The van der Waals surface area contributed by atoms with Gasteiger partial charge < -0.3 is 9.80 Å². The summed E-state index contributed by atoms with van der Waals surface area (Å²) in [6, 6.07) is 0. The summed E-state index contributed by atoms with van der Waals surface area (Å²) in [4.78, 5) is 29.9. The predicted octanol–water partition coefficient (Wildman–Crippen LogP) is 1.39. The summed E-state index contributed by atoms with van der Waals surface area (Å²) in [6.07, 6.45) is 7.12. The molecule has 2 aliphatic heterocycles. The van der Waals surface area contributed by atoms with Gasteiger partial charge in [-0.25, -0.2) is 0 Å². The minimum Gasteiger partial charge on any atom is -0.340 e. The molecule has 1 aliphatic carbocycles. The highest BCUT2D eigenvalue weighted by Crippen LogP contribution is 2.56. The van der Waals surface area contributed by atoms with Gasteiger partial charge in [-0.2, -0.15) is 0 Å². The lowest BCUT2D eigenvalue weighted by Gasteiger charge is -2.35. The van der Waals surface area contributed by atoms with E-state index in [1.54, 1.807) is 17.9 Å². The molecule has 4 rings (SSSR count). The maximum Gasteiger partial charge on any atom is 0.228 e. The maximum absolute atomic E-state index is 13.1. The largest absolute Gasteiger partial charge is 0.340 e. The van der Waals surface area contributed by atoms with Crippen molar-refractivity contribution in [2.24, 2.45) is 18.4 Å². The van der Waals surface area contributed by atoms with Crippen molar-refractivity contribution in [3.63, 3.8) is 0 Å². The Morgan fingerprint density at radius 3 is 2.77 bits per heavy atom. The number of aryl methyl sites for hydroxylation is 1. The van der Waals surface area contributed by atoms with Crippen molar-refractivity contribution in [3.8, 4) is 0 Å². The van der Waals surface area contributed by atoms with Crippen LogP contribution >= 0.6 is 0 Å². The van der Waals surface area contributed by atoms with Crippen LogP contribution in [0.2, 0.25) is 0 Å². The molecule has 3 atom stereocenters. The minimum absolute atomic E-state index is 0.0893. The smallest absolute Gasteiger partial charge is 0.228 e. The second-order valence-electron chi connectivity index (χ2n) is 8.71. The monoisotopic (exact) mass is 359 g/mol. The summed E-state index contributed by atoms with van der Waals surface area (Å²) in [6.45, 7) is 6.66. The van der Waals surface area contributed by atoms with Crippen molar-refractivity contribution in [1.29, 1.82) is 0 Å². The van der Waals surface area contributed by atoms with Crippen molar-refractivity contribution in [2.75, 3.05) is 19.6 Å². The number of hydrogen-bond donors (Lipinski definition) is 0. The fraction of sp³-hybridized carbons (Fsp3) is 0.789. The highest BCUT2D eigenvalue weighted by molar-refractivity contribution is 5.84. The summed E-state index contributed by atoms with van der Waals surface area (Å²) < 4.78 is 1.62. The molecule has 1 saturated carbocycles. The number of rotatable bonds is 4. The van der Waals surface area contributed by atoms with Crippen molar-refractivity contribution in [3.05, 3.63) is 11.9 Å². The van der Waals surface area contributed by atoms with Crippen LogP contribution in [0.3, 0.4) is 0 Å². The molecule has 1 aromatic rings. The van der Waals surface area contributed by atoms with E-state index in [-0.39, 0.29) is 29.2 Å². The lowest BCUT2D eigenvalue weighted by Crippen LogP contribution is -2.50. The molecule has 142 valence electrons. The van der Waals surface area contributed by atoms with E-state index in [4.69, 9.17) is 0 Å². The first-order chi connectivity index (χ1) is 12.4. The van der Waals surface area contributed by atoms with Crippen molar-refractivity contribution in [1.82, 2.24) is 24.8 Å². The van der Waals surface area contributed by atoms with Crippen LogP contribution in [-0.4, -0.2) is 61.8 Å². The number of aromatic nitrogens is 3. The summed E-state index contributed by atoms with van der Waals surface area (Å²) >= 11 is 0. The molecule has 2 saturated heterocycles. The van der Waals surface area contributed by atoms with Gasteiger partial charge in [-0.15, -0.1) is 5.10 Å². The number of amides is 2. The predicted molar refractivity (Wildman–Crippen MR) is 96.1 cm³/mol. The van der Waals surface area contributed by atoms with Crippen molar-refractivity contribution in [2.45, 2.75) is 57.9 Å². The molecule has 0 aromatic carbocycles. The van der Waals surface area contributed by atoms with E-state index in [9.17, 15) is 9.59 Å². The summed E-state index contributed by atoms with van der Waals surface area (Å²) in [7, 11) is 1.80. The molecule has 3 heterocycles. The highest BCUT2D eigenvalue weighted by Gasteiger charge is 2.58. The van der Waals surface area contributed by atoms with E-state index in [0.29, 0.717) is 18.1 Å². The molecule has 1 spiro atoms. The van der Waals surface area contributed by atoms with E-state index < -0.39 is 0 Å². The molecular weight excluding hydrogens is 330 g/mol. The summed E-state index contributed by atoms with van der Waals surface area (Å²) in [5.74, 6) is 0.605. The van der Waals surface area contributed by atoms with Gasteiger partial charge in [0.05, 0.1) is 17.7 Å². The molecule has 3 fully saturated rings. The van der Waals surface area contributed by atoms with Crippen LogP contribution in [0.25, 0.3) is 0 Å². The molecule has 3 unspecified atom stereocenters. The van der Waals surface area contributed by atoms with Gasteiger partial charge in [-0.05, 0) is 37.5 Å². The number of carbonyl (C=O) groups excluding carboxylic acids is 2. The third-order valence-electron chi connectivity index (χ3n) is 6.99. The summed E-state index contributed by atoms with van der Waals surface area (Å²) in [5.41, 5.74) is 0.766. The van der Waals surface area contributed by atoms with Crippen molar-refractivity contribution < 1.29 is 9.59 Å². The van der Waals surface area contributed by atoms with E-state index in [2.05, 4.69) is 29.1 Å². The average molecular weight is 359 g/mol. The number of nitrogens with zero attached hydrogens (tertiary/aromatic N) is 5. The molecule has 0 N–H and O–H groups in total. The Morgan fingerprint density at radius 2 is 2.12 bits per heavy atom. The number of likely N-dealkylation sites (tertiary alicyclic amines) is 2. The average Bonchev–Trinajstić information content (AvgIpc) is 3.01. The first kappa shape index (κ1) is 17.5. The molecule has 3 aliphatic rings. The zero-order valence-corrected chi connectivity index (χ0v) is 16.1. The first-order valence-corrected chi connectivity index (χ1v) is 9.81. The van der Waals surface area contributed by atoms with Gasteiger partial charge in [-0.1, -0.05) is 19.1 Å². The quantitative estimate of drug-likeness (QED) is 0.814. The normalized spacial score (nSPS) is 33.3. The SMILES string of the molecule is CCC1(C)CC1C(=O)N1CCCC12CCN(C(=O)Cc1cn(C)nn1)C2. The van der Waals surface area contributed by atoms with Crippen LogP contribution < -0.4 is 0 Å². The van der Waals surface area contributed by atoms with Crippen molar-refractivity contribution >= 4 is 11.8 Å². The molecule has 1 aromatic heterocycles. The molecular formula is C19H29N5O2. The second-order valence-corrected chi connectivity index (χ2v) is 8.71. The lowest BCUT2D eigenvalue weighted by atomic mass is 9.94. The van der Waals surface area contributed by atoms with Crippen LogP contribution in [0.5, 0.6) is 0 Å². The number of carbonyl (C=O) groups is 2. The molecule has 7 nitrogen and oxygen atoms in total. The molecule has 26 heavy (non-hydrogen) atoms. The molecule has 0 radical (unpaired) electrons. The molecule has 0 bridgehead atoms. The Bertz CT molecular complexity index is 731. The van der Waals surface area contributed by atoms with Gasteiger partial charge in [0.15, 0.2) is 0 Å². The number of hydrogen-bond acceptors (Lipinski definition) is 4. The van der Waals surface area contributed by atoms with E-state index >= 15 is 0 Å². The zero-order chi connectivity index (χ0) is 18.5. The van der Waals surface area contributed by atoms with E-state index in [1.165, 1.54) is 0 Å². The van der Waals surface area contributed by atoms with Crippen LogP contribution in [0.1, 0.15) is 51.6 Å². The van der Waals surface area contributed by atoms with Gasteiger partial charge in [0.1, 0.15) is 0 Å². The van der Waals surface area contributed by atoms with E-state index in [1.807, 2.05) is 4.90 Å². The zero-order valence-electron chi connectivity index (χ0n) is 16.1. The topological polar surface area (TPSA) is 71.3 Å². The Morgan fingerprint density at radius 1 is 1.31 bits per heavy atom. The van der Waals surface area contributed by atoms with Gasteiger partial charge in [0, 0.05) is 38.8 Å². The second kappa shape index (κ2) is 6.06. The van der Waals surface area contributed by atoms with Gasteiger partial charge in [0.25, 0.3) is 0 Å². The minimum atomic E-state index is -0.133. The standard InChI is InChI=1S/C19H29N5O2/c1-4-18(2)11-15(18)17(26)24-8-5-6-19(24)7-9-23(13-19)16(25)10-14-12-22(3)21-20-14/h12,15H,4-11,13H2,1-3H3. The van der Waals surface area contributed by atoms with Gasteiger partial charge in [-0.3, -0.25) is 14.3 Å². The van der Waals surface area contributed by atoms with Gasteiger partial charge in [0.2, 0.25) is 11.8 Å². The van der Waals surface area contributed by atoms with Crippen LogP contribution in [0, 0.1) is 11.3 Å². The summed E-state index contributed by atoms with van der Waals surface area (Å²) in [5, 5.41) is 7.91. The lowest BCUT2D eigenvalue weighted by molar-refractivity contribution is -0.138. The Labute approximate surface area is 154 Å².